The van der Waals surface area contributed by atoms with Crippen molar-refractivity contribution in [3.63, 3.8) is 0 Å². The fourth-order valence-electron chi connectivity index (χ4n) is 5.44. The van der Waals surface area contributed by atoms with E-state index in [0.29, 0.717) is 17.9 Å². The van der Waals surface area contributed by atoms with Crippen LogP contribution in [0.25, 0.3) is 0 Å². The highest BCUT2D eigenvalue weighted by molar-refractivity contribution is 6.04. The zero-order valence-corrected chi connectivity index (χ0v) is 23.8. The molecule has 0 unspecified atom stereocenters. The Hall–Kier alpha value is -3.85. The summed E-state index contributed by atoms with van der Waals surface area (Å²) in [5.41, 5.74) is 4.46. The molecule has 206 valence electrons. The summed E-state index contributed by atoms with van der Waals surface area (Å²) in [5, 5.41) is 13.5. The summed E-state index contributed by atoms with van der Waals surface area (Å²) in [6.45, 7) is 14.7. The Morgan fingerprint density at radius 1 is 0.949 bits per heavy atom. The topological polar surface area (TPSA) is 96.6 Å². The molecule has 3 N–H and O–H groups in total. The predicted octanol–water partition coefficient (Wildman–Crippen LogP) is 4.99. The monoisotopic (exact) mass is 529 g/mol. The molecule has 2 aliphatic rings. The van der Waals surface area contributed by atoms with Crippen LogP contribution in [0.15, 0.2) is 48.5 Å². The number of carbonyl (C=O) groups excluding carboxylic acids is 2. The van der Waals surface area contributed by atoms with Crippen LogP contribution in [0.1, 0.15) is 61.8 Å². The summed E-state index contributed by atoms with van der Waals surface area (Å²) >= 11 is 0. The molecule has 3 amide bonds. The number of nitrogens with zero attached hydrogens (tertiary/aromatic N) is 4. The third kappa shape index (κ3) is 5.23. The van der Waals surface area contributed by atoms with Crippen molar-refractivity contribution in [2.45, 2.75) is 52.1 Å². The number of aromatic nitrogens is 2. The predicted molar refractivity (Wildman–Crippen MR) is 155 cm³/mol. The molecule has 3 heterocycles. The molecule has 0 saturated carbocycles. The number of fused-ring (bicyclic) bond motifs is 1. The molecule has 0 atom stereocenters. The van der Waals surface area contributed by atoms with Crippen LogP contribution >= 0.6 is 0 Å². The van der Waals surface area contributed by atoms with E-state index in [2.05, 4.69) is 58.4 Å². The van der Waals surface area contributed by atoms with Gasteiger partial charge in [-0.3, -0.25) is 9.89 Å². The number of nitrogens with one attached hydrogen (secondary N) is 3. The molecular weight excluding hydrogens is 490 g/mol. The minimum absolute atomic E-state index is 0.112. The fraction of sp³-hybridized carbons (Fsp3) is 0.433. The van der Waals surface area contributed by atoms with Gasteiger partial charge < -0.3 is 25.3 Å². The first-order valence-corrected chi connectivity index (χ1v) is 13.6. The van der Waals surface area contributed by atoms with Crippen LogP contribution in [0.3, 0.4) is 0 Å². The Labute approximate surface area is 230 Å². The van der Waals surface area contributed by atoms with E-state index in [0.717, 1.165) is 54.4 Å². The van der Waals surface area contributed by atoms with Gasteiger partial charge in [0.05, 0.1) is 17.8 Å². The lowest BCUT2D eigenvalue weighted by Crippen LogP contribution is -2.44. The van der Waals surface area contributed by atoms with Gasteiger partial charge in [-0.15, -0.1) is 0 Å². The van der Waals surface area contributed by atoms with Crippen molar-refractivity contribution in [3.05, 3.63) is 70.9 Å². The number of hydrogen-bond donors (Lipinski definition) is 3. The summed E-state index contributed by atoms with van der Waals surface area (Å²) in [5.74, 6) is 0.227. The number of H-pyrrole nitrogens is 1. The van der Waals surface area contributed by atoms with E-state index in [1.165, 1.54) is 0 Å². The maximum atomic E-state index is 13.5. The lowest BCUT2D eigenvalue weighted by Gasteiger charge is -2.34. The summed E-state index contributed by atoms with van der Waals surface area (Å²) < 4.78 is 0. The lowest BCUT2D eigenvalue weighted by molar-refractivity contribution is 0.102. The van der Waals surface area contributed by atoms with Crippen LogP contribution in [0.5, 0.6) is 0 Å². The maximum absolute atomic E-state index is 13.5. The van der Waals surface area contributed by atoms with E-state index in [-0.39, 0.29) is 17.4 Å². The Balaban J connectivity index is 1.28. The highest BCUT2D eigenvalue weighted by atomic mass is 16.2. The lowest BCUT2D eigenvalue weighted by atomic mass is 9.86. The number of para-hydroxylation sites is 1. The number of aromatic amines is 1. The fourth-order valence-corrected chi connectivity index (χ4v) is 5.44. The minimum atomic E-state index is -0.629. The van der Waals surface area contributed by atoms with Crippen LogP contribution in [0, 0.1) is 0 Å². The van der Waals surface area contributed by atoms with Crippen molar-refractivity contribution in [1.29, 1.82) is 0 Å². The smallest absolute Gasteiger partial charge is 0.322 e. The zero-order valence-electron chi connectivity index (χ0n) is 23.8. The third-order valence-corrected chi connectivity index (χ3v) is 7.92. The molecule has 39 heavy (non-hydrogen) atoms. The van der Waals surface area contributed by atoms with E-state index in [1.807, 2.05) is 62.4 Å². The molecule has 3 aromatic rings. The van der Waals surface area contributed by atoms with E-state index in [1.54, 1.807) is 4.90 Å². The Bertz CT molecular complexity index is 1360. The number of benzene rings is 2. The van der Waals surface area contributed by atoms with Gasteiger partial charge in [-0.2, -0.15) is 5.10 Å². The van der Waals surface area contributed by atoms with E-state index >= 15 is 0 Å². The summed E-state index contributed by atoms with van der Waals surface area (Å²) in [6.07, 6.45) is 0. The van der Waals surface area contributed by atoms with Gasteiger partial charge in [0, 0.05) is 48.7 Å². The number of rotatable bonds is 4. The molecule has 0 radical (unpaired) electrons. The molecule has 2 aromatic carbocycles. The summed E-state index contributed by atoms with van der Waals surface area (Å²) in [6, 6.07) is 15.4. The van der Waals surface area contributed by atoms with Gasteiger partial charge in [0.2, 0.25) is 0 Å². The van der Waals surface area contributed by atoms with Crippen LogP contribution in [0.4, 0.5) is 22.0 Å². The largest absolute Gasteiger partial charge is 0.369 e. The van der Waals surface area contributed by atoms with Crippen molar-refractivity contribution in [2.24, 2.45) is 0 Å². The normalized spacial score (nSPS) is 17.2. The molecule has 9 nitrogen and oxygen atoms in total. The van der Waals surface area contributed by atoms with Gasteiger partial charge in [0.15, 0.2) is 5.82 Å². The number of carbonyl (C=O) groups is 2. The van der Waals surface area contributed by atoms with Gasteiger partial charge in [-0.1, -0.05) is 39.0 Å². The number of amides is 3. The molecule has 0 bridgehead atoms. The number of piperazine rings is 1. The van der Waals surface area contributed by atoms with E-state index in [9.17, 15) is 9.59 Å². The first-order valence-electron chi connectivity index (χ1n) is 13.6. The van der Waals surface area contributed by atoms with Crippen molar-refractivity contribution < 1.29 is 9.59 Å². The highest BCUT2D eigenvalue weighted by Gasteiger charge is 2.44. The highest BCUT2D eigenvalue weighted by Crippen LogP contribution is 2.41. The number of hydrogen-bond acceptors (Lipinski definition) is 5. The van der Waals surface area contributed by atoms with Crippen molar-refractivity contribution in [3.8, 4) is 0 Å². The maximum Gasteiger partial charge on any atom is 0.322 e. The van der Waals surface area contributed by atoms with Crippen molar-refractivity contribution in [1.82, 2.24) is 20.0 Å². The van der Waals surface area contributed by atoms with Crippen molar-refractivity contribution >= 4 is 29.1 Å². The first kappa shape index (κ1) is 26.7. The van der Waals surface area contributed by atoms with Gasteiger partial charge in [0.25, 0.3) is 5.91 Å². The van der Waals surface area contributed by atoms with E-state index < -0.39 is 5.54 Å². The second-order valence-electron chi connectivity index (χ2n) is 12.1. The van der Waals surface area contributed by atoms with Gasteiger partial charge >= 0.3 is 6.03 Å². The van der Waals surface area contributed by atoms with Gasteiger partial charge in [0.1, 0.15) is 0 Å². The zero-order chi connectivity index (χ0) is 27.9. The SMILES string of the molecule is CN1CCN(c2ccc(C(=O)Nc3n[nH]c4c3CN(C(=O)Nc3ccccc3C(C)(C)C)C4(C)C)cc2)CC1. The van der Waals surface area contributed by atoms with Crippen LogP contribution < -0.4 is 15.5 Å². The number of urea groups is 1. The quantitative estimate of drug-likeness (QED) is 0.442. The molecule has 1 fully saturated rings. The average Bonchev–Trinajstić information content (AvgIpc) is 3.42. The average molecular weight is 530 g/mol. The summed E-state index contributed by atoms with van der Waals surface area (Å²) in [4.78, 5) is 33.0. The molecule has 0 spiro atoms. The molecule has 1 aromatic heterocycles. The first-order chi connectivity index (χ1) is 18.4. The van der Waals surface area contributed by atoms with Crippen LogP contribution in [-0.2, 0) is 17.5 Å². The summed E-state index contributed by atoms with van der Waals surface area (Å²) in [7, 11) is 2.13. The molecule has 0 aliphatic carbocycles. The second-order valence-corrected chi connectivity index (χ2v) is 12.1. The van der Waals surface area contributed by atoms with Crippen LogP contribution in [0.2, 0.25) is 0 Å². The minimum Gasteiger partial charge on any atom is -0.369 e. The Morgan fingerprint density at radius 2 is 1.62 bits per heavy atom. The Morgan fingerprint density at radius 3 is 2.28 bits per heavy atom. The molecule has 5 rings (SSSR count). The van der Waals surface area contributed by atoms with Crippen molar-refractivity contribution in [2.75, 3.05) is 48.8 Å². The third-order valence-electron chi connectivity index (χ3n) is 7.92. The number of likely N-dealkylation sites (N-methyl/N-ethyl adjacent to an activating group) is 1. The second kappa shape index (κ2) is 10.0. The Kier molecular flexibility index (Phi) is 6.88. The van der Waals surface area contributed by atoms with Gasteiger partial charge in [-0.25, -0.2) is 4.79 Å². The molecule has 1 saturated heterocycles. The molecular formula is C30H39N7O2. The van der Waals surface area contributed by atoms with Crippen LogP contribution in [-0.4, -0.2) is 65.2 Å². The van der Waals surface area contributed by atoms with Gasteiger partial charge in [-0.05, 0) is 62.2 Å². The number of anilines is 3. The standard InChI is InChI=1S/C30H39N7O2/c1-29(2,3)23-9-7-8-10-24(23)31-28(39)37-19-22-25(30(37,4)5)33-34-26(22)32-27(38)20-11-13-21(14-12-20)36-17-15-35(6)16-18-36/h7-14H,15-19H2,1-6H3,(H,31,39)(H2,32,33,34,38). The molecule has 9 heteroatoms. The molecule has 2 aliphatic heterocycles. The van der Waals surface area contributed by atoms with E-state index in [4.69, 9.17) is 0 Å².